The molecule has 72 valence electrons. The van der Waals surface area contributed by atoms with Crippen LogP contribution in [0.5, 0.6) is 5.75 Å². The SMILES string of the molecule is COC(=O)C#Cc1ccc(OC)cn1. The molecule has 4 nitrogen and oxygen atoms in total. The highest BCUT2D eigenvalue weighted by Gasteiger charge is 1.93. The van der Waals surface area contributed by atoms with E-state index in [-0.39, 0.29) is 0 Å². The van der Waals surface area contributed by atoms with E-state index >= 15 is 0 Å². The van der Waals surface area contributed by atoms with Crippen molar-refractivity contribution in [2.75, 3.05) is 14.2 Å². The lowest BCUT2D eigenvalue weighted by Crippen LogP contribution is -1.95. The fourth-order valence-corrected chi connectivity index (χ4v) is 0.741. The lowest BCUT2D eigenvalue weighted by atomic mass is 10.3. The van der Waals surface area contributed by atoms with Gasteiger partial charge >= 0.3 is 5.97 Å². The third kappa shape index (κ3) is 2.79. The third-order valence-electron chi connectivity index (χ3n) is 1.45. The van der Waals surface area contributed by atoms with Crippen molar-refractivity contribution in [3.63, 3.8) is 0 Å². The van der Waals surface area contributed by atoms with E-state index in [4.69, 9.17) is 4.74 Å². The van der Waals surface area contributed by atoms with Crippen LogP contribution in [0.4, 0.5) is 0 Å². The van der Waals surface area contributed by atoms with Crippen molar-refractivity contribution in [2.45, 2.75) is 0 Å². The molecule has 0 aliphatic rings. The zero-order valence-corrected chi connectivity index (χ0v) is 7.90. The molecule has 1 aromatic heterocycles. The molecule has 0 N–H and O–H groups in total. The zero-order valence-electron chi connectivity index (χ0n) is 7.90. The number of nitrogens with zero attached hydrogens (tertiary/aromatic N) is 1. The summed E-state index contributed by atoms with van der Waals surface area (Å²) in [4.78, 5) is 14.6. The zero-order chi connectivity index (χ0) is 10.4. The number of carbonyl (C=O) groups excluding carboxylic acids is 1. The van der Waals surface area contributed by atoms with Gasteiger partial charge in [-0.25, -0.2) is 9.78 Å². The Kier molecular flexibility index (Phi) is 3.50. The van der Waals surface area contributed by atoms with E-state index < -0.39 is 5.97 Å². The summed E-state index contributed by atoms with van der Waals surface area (Å²) in [6.45, 7) is 0. The van der Waals surface area contributed by atoms with Crippen LogP contribution in [-0.4, -0.2) is 25.2 Å². The molecule has 0 aromatic carbocycles. The van der Waals surface area contributed by atoms with Gasteiger partial charge in [0.25, 0.3) is 0 Å². The van der Waals surface area contributed by atoms with Crippen LogP contribution in [0, 0.1) is 11.8 Å². The van der Waals surface area contributed by atoms with Gasteiger partial charge in [0.2, 0.25) is 0 Å². The number of rotatable bonds is 1. The first-order valence-electron chi connectivity index (χ1n) is 3.86. The highest BCUT2D eigenvalue weighted by Crippen LogP contribution is 2.06. The molecule has 0 atom stereocenters. The van der Waals surface area contributed by atoms with Gasteiger partial charge in [0.1, 0.15) is 11.4 Å². The molecule has 0 spiro atoms. The molecule has 0 bridgehead atoms. The fourth-order valence-electron chi connectivity index (χ4n) is 0.741. The van der Waals surface area contributed by atoms with Crippen molar-refractivity contribution in [1.82, 2.24) is 4.98 Å². The van der Waals surface area contributed by atoms with Gasteiger partial charge in [0, 0.05) is 5.92 Å². The van der Waals surface area contributed by atoms with Crippen LogP contribution in [0.2, 0.25) is 0 Å². The normalized spacial score (nSPS) is 8.43. The van der Waals surface area contributed by atoms with Crippen LogP contribution in [0.25, 0.3) is 0 Å². The van der Waals surface area contributed by atoms with Crippen LogP contribution in [0.3, 0.4) is 0 Å². The van der Waals surface area contributed by atoms with E-state index in [1.807, 2.05) is 0 Å². The van der Waals surface area contributed by atoms with Gasteiger partial charge in [0.15, 0.2) is 0 Å². The molecule has 0 amide bonds. The lowest BCUT2D eigenvalue weighted by molar-refractivity contribution is -0.133. The van der Waals surface area contributed by atoms with Crippen molar-refractivity contribution >= 4 is 5.97 Å². The number of esters is 1. The second-order valence-electron chi connectivity index (χ2n) is 2.32. The number of methoxy groups -OCH3 is 2. The molecule has 1 heterocycles. The molecule has 1 rings (SSSR count). The van der Waals surface area contributed by atoms with E-state index in [9.17, 15) is 4.79 Å². The Labute approximate surface area is 81.9 Å². The van der Waals surface area contributed by atoms with E-state index in [0.29, 0.717) is 11.4 Å². The van der Waals surface area contributed by atoms with E-state index in [1.165, 1.54) is 13.3 Å². The van der Waals surface area contributed by atoms with Gasteiger partial charge in [-0.05, 0) is 18.1 Å². The smallest absolute Gasteiger partial charge is 0.384 e. The fraction of sp³-hybridized carbons (Fsp3) is 0.200. The Bertz CT molecular complexity index is 373. The summed E-state index contributed by atoms with van der Waals surface area (Å²) in [6, 6.07) is 3.38. The average molecular weight is 191 g/mol. The first-order chi connectivity index (χ1) is 6.76. The van der Waals surface area contributed by atoms with Gasteiger partial charge in [0.05, 0.1) is 20.4 Å². The Morgan fingerprint density at radius 1 is 1.43 bits per heavy atom. The third-order valence-corrected chi connectivity index (χ3v) is 1.45. The summed E-state index contributed by atoms with van der Waals surface area (Å²) >= 11 is 0. The molecule has 0 fully saturated rings. The Balaban J connectivity index is 2.76. The maximum atomic E-state index is 10.7. The molecule has 14 heavy (non-hydrogen) atoms. The summed E-state index contributed by atoms with van der Waals surface area (Å²) in [5.74, 6) is 4.89. The molecule has 1 aromatic rings. The van der Waals surface area contributed by atoms with Crippen molar-refractivity contribution in [2.24, 2.45) is 0 Å². The molecule has 0 saturated carbocycles. The molecule has 0 aliphatic carbocycles. The summed E-state index contributed by atoms with van der Waals surface area (Å²) in [6.07, 6.45) is 1.53. The minimum Gasteiger partial charge on any atom is -0.495 e. The van der Waals surface area contributed by atoms with Crippen LogP contribution >= 0.6 is 0 Å². The number of pyridine rings is 1. The quantitative estimate of drug-likeness (QED) is 0.482. The van der Waals surface area contributed by atoms with Crippen molar-refractivity contribution in [3.05, 3.63) is 24.0 Å². The monoisotopic (exact) mass is 191 g/mol. The summed E-state index contributed by atoms with van der Waals surface area (Å²) < 4.78 is 9.27. The maximum Gasteiger partial charge on any atom is 0.384 e. The van der Waals surface area contributed by atoms with Crippen LogP contribution in [-0.2, 0) is 9.53 Å². The lowest BCUT2D eigenvalue weighted by Gasteiger charge is -1.96. The highest BCUT2D eigenvalue weighted by molar-refractivity contribution is 5.88. The molecule has 4 heteroatoms. The maximum absolute atomic E-state index is 10.7. The highest BCUT2D eigenvalue weighted by atomic mass is 16.5. The van der Waals surface area contributed by atoms with Crippen LogP contribution in [0.1, 0.15) is 5.69 Å². The Morgan fingerprint density at radius 2 is 2.21 bits per heavy atom. The summed E-state index contributed by atoms with van der Waals surface area (Å²) in [7, 11) is 2.83. The van der Waals surface area contributed by atoms with E-state index in [2.05, 4.69) is 21.6 Å². The summed E-state index contributed by atoms with van der Waals surface area (Å²) in [5, 5.41) is 0. The van der Waals surface area contributed by atoms with Gasteiger partial charge in [-0.15, -0.1) is 0 Å². The Hall–Kier alpha value is -2.02. The Morgan fingerprint density at radius 3 is 2.71 bits per heavy atom. The molecule has 0 radical (unpaired) electrons. The van der Waals surface area contributed by atoms with Gasteiger partial charge in [-0.3, -0.25) is 0 Å². The minimum atomic E-state index is -0.581. The predicted molar refractivity (Wildman–Crippen MR) is 49.7 cm³/mol. The number of aromatic nitrogens is 1. The first-order valence-corrected chi connectivity index (χ1v) is 3.86. The molecular formula is C10H9NO3. The number of hydrogen-bond donors (Lipinski definition) is 0. The van der Waals surface area contributed by atoms with Crippen LogP contribution in [0.15, 0.2) is 18.3 Å². The van der Waals surface area contributed by atoms with Gasteiger partial charge < -0.3 is 9.47 Å². The summed E-state index contributed by atoms with van der Waals surface area (Å²) in [5.41, 5.74) is 0.496. The van der Waals surface area contributed by atoms with Gasteiger partial charge in [-0.1, -0.05) is 0 Å². The second kappa shape index (κ2) is 4.87. The van der Waals surface area contributed by atoms with E-state index in [1.54, 1.807) is 19.2 Å². The van der Waals surface area contributed by atoms with Gasteiger partial charge in [-0.2, -0.15) is 0 Å². The molecular weight excluding hydrogens is 182 g/mol. The standard InChI is InChI=1S/C10H9NO3/c1-13-9-5-3-8(11-7-9)4-6-10(12)14-2/h3,5,7H,1-2H3. The topological polar surface area (TPSA) is 48.4 Å². The predicted octanol–water partition coefficient (Wildman–Crippen LogP) is 0.615. The van der Waals surface area contributed by atoms with E-state index in [0.717, 1.165) is 0 Å². The first kappa shape index (κ1) is 10.1. The van der Waals surface area contributed by atoms with Crippen molar-refractivity contribution in [3.8, 4) is 17.6 Å². The van der Waals surface area contributed by atoms with Crippen molar-refractivity contribution in [1.29, 1.82) is 0 Å². The number of ether oxygens (including phenoxy) is 2. The number of hydrogen-bond acceptors (Lipinski definition) is 4. The van der Waals surface area contributed by atoms with Crippen molar-refractivity contribution < 1.29 is 14.3 Å². The minimum absolute atomic E-state index is 0.496. The largest absolute Gasteiger partial charge is 0.495 e. The molecule has 0 saturated heterocycles. The average Bonchev–Trinajstić information content (AvgIpc) is 2.26. The van der Waals surface area contributed by atoms with Crippen LogP contribution < -0.4 is 4.74 Å². The molecule has 0 aliphatic heterocycles. The second-order valence-corrected chi connectivity index (χ2v) is 2.32. The molecule has 0 unspecified atom stereocenters. The number of carbonyl (C=O) groups is 1.